The van der Waals surface area contributed by atoms with E-state index in [1.807, 2.05) is 74.4 Å². The first kappa shape index (κ1) is 22.4. The van der Waals surface area contributed by atoms with Gasteiger partial charge in [-0.15, -0.1) is 0 Å². The highest BCUT2D eigenvalue weighted by molar-refractivity contribution is 5.90. The van der Waals surface area contributed by atoms with Crippen molar-refractivity contribution in [3.05, 3.63) is 54.1 Å². The second kappa shape index (κ2) is 11.2. The molecule has 0 spiro atoms. The number of benzene rings is 2. The van der Waals surface area contributed by atoms with Gasteiger partial charge in [0.25, 0.3) is 0 Å². The van der Waals surface area contributed by atoms with Gasteiger partial charge in [0, 0.05) is 29.9 Å². The zero-order valence-corrected chi connectivity index (χ0v) is 17.3. The summed E-state index contributed by atoms with van der Waals surface area (Å²) in [5.74, 6) is -0.292. The van der Waals surface area contributed by atoms with E-state index in [0.29, 0.717) is 19.3 Å². The fourth-order valence-electron chi connectivity index (χ4n) is 2.68. The van der Waals surface area contributed by atoms with Crippen LogP contribution in [-0.4, -0.2) is 47.6 Å². The molecule has 0 fully saturated rings. The Morgan fingerprint density at radius 3 is 2.03 bits per heavy atom. The van der Waals surface area contributed by atoms with E-state index in [1.165, 1.54) is 0 Å². The molecule has 0 atom stereocenters. The van der Waals surface area contributed by atoms with Crippen LogP contribution in [0.1, 0.15) is 31.7 Å². The van der Waals surface area contributed by atoms with Gasteiger partial charge in [-0.1, -0.05) is 19.1 Å². The number of anilines is 3. The lowest BCUT2D eigenvalue weighted by Crippen LogP contribution is -2.27. The second-order valence-electron chi connectivity index (χ2n) is 7.16. The van der Waals surface area contributed by atoms with Crippen LogP contribution >= 0.6 is 0 Å². The normalized spacial score (nSPS) is 10.7. The number of carbonyl (C=O) groups excluding carboxylic acids is 2. The number of hydrogen-bond acceptors (Lipinski definition) is 5. The molecule has 0 unspecified atom stereocenters. The number of nitrogens with one attached hydrogen (secondary N) is 2. The van der Waals surface area contributed by atoms with Crippen molar-refractivity contribution in [2.75, 3.05) is 31.3 Å². The van der Waals surface area contributed by atoms with Crippen LogP contribution < -0.4 is 10.6 Å². The lowest BCUT2D eigenvalue weighted by atomic mass is 10.2. The van der Waals surface area contributed by atoms with E-state index in [2.05, 4.69) is 10.6 Å². The molecule has 2 rings (SSSR count). The molecule has 0 aliphatic rings. The second-order valence-corrected chi connectivity index (χ2v) is 7.16. The summed E-state index contributed by atoms with van der Waals surface area (Å²) in [4.78, 5) is 25.4. The predicted octanol–water partition coefficient (Wildman–Crippen LogP) is 3.84. The van der Waals surface area contributed by atoms with E-state index in [9.17, 15) is 14.8 Å². The SMILES string of the molecule is CCC(=O)Nc1ccc(Nc2ccc(CN(O)C(=O)CCCN(C)C)cc2)cc1. The molecule has 7 nitrogen and oxygen atoms in total. The average molecular weight is 399 g/mol. The van der Waals surface area contributed by atoms with Gasteiger partial charge in [-0.05, 0) is 69.0 Å². The number of hydrogen-bond donors (Lipinski definition) is 3. The Morgan fingerprint density at radius 2 is 1.48 bits per heavy atom. The Labute approximate surface area is 172 Å². The Hall–Kier alpha value is -2.90. The summed E-state index contributed by atoms with van der Waals surface area (Å²) in [5, 5.41) is 16.8. The van der Waals surface area contributed by atoms with Crippen LogP contribution in [0, 0.1) is 0 Å². The predicted molar refractivity (Wildman–Crippen MR) is 115 cm³/mol. The molecule has 0 saturated carbocycles. The third-order valence-electron chi connectivity index (χ3n) is 4.35. The summed E-state index contributed by atoms with van der Waals surface area (Å²) < 4.78 is 0. The van der Waals surface area contributed by atoms with Crippen molar-refractivity contribution >= 4 is 28.9 Å². The van der Waals surface area contributed by atoms with Gasteiger partial charge in [-0.3, -0.25) is 14.8 Å². The van der Waals surface area contributed by atoms with Crippen molar-refractivity contribution in [3.8, 4) is 0 Å². The summed E-state index contributed by atoms with van der Waals surface area (Å²) in [6.45, 7) is 2.78. The maximum atomic E-state index is 12.0. The molecule has 2 aromatic rings. The van der Waals surface area contributed by atoms with Crippen molar-refractivity contribution < 1.29 is 14.8 Å². The minimum atomic E-state index is -0.274. The lowest BCUT2D eigenvalue weighted by Gasteiger charge is -2.16. The Kier molecular flexibility index (Phi) is 8.64. The Bertz CT molecular complexity index is 789. The Balaban J connectivity index is 1.85. The first-order valence-electron chi connectivity index (χ1n) is 9.77. The van der Waals surface area contributed by atoms with E-state index in [-0.39, 0.29) is 18.4 Å². The summed E-state index contributed by atoms with van der Waals surface area (Å²) in [7, 11) is 3.91. The molecule has 0 heterocycles. The van der Waals surface area contributed by atoms with Gasteiger partial charge < -0.3 is 15.5 Å². The minimum absolute atomic E-state index is 0.0181. The summed E-state index contributed by atoms with van der Waals surface area (Å²) in [6, 6.07) is 15.0. The molecular weight excluding hydrogens is 368 g/mol. The van der Waals surface area contributed by atoms with Crippen LogP contribution in [0.25, 0.3) is 0 Å². The zero-order chi connectivity index (χ0) is 21.2. The minimum Gasteiger partial charge on any atom is -0.356 e. The zero-order valence-electron chi connectivity index (χ0n) is 17.3. The van der Waals surface area contributed by atoms with Gasteiger partial charge in [-0.2, -0.15) is 0 Å². The van der Waals surface area contributed by atoms with E-state index in [1.54, 1.807) is 0 Å². The number of rotatable bonds is 10. The van der Waals surface area contributed by atoms with E-state index < -0.39 is 0 Å². The average Bonchev–Trinajstić information content (AvgIpc) is 2.70. The molecule has 3 N–H and O–H groups in total. The molecule has 0 bridgehead atoms. The van der Waals surface area contributed by atoms with E-state index in [4.69, 9.17) is 0 Å². The smallest absolute Gasteiger partial charge is 0.246 e. The van der Waals surface area contributed by atoms with Gasteiger partial charge in [0.1, 0.15) is 0 Å². The first-order valence-corrected chi connectivity index (χ1v) is 9.77. The molecular formula is C22H30N4O3. The van der Waals surface area contributed by atoms with Gasteiger partial charge in [0.05, 0.1) is 6.54 Å². The summed E-state index contributed by atoms with van der Waals surface area (Å²) in [5.41, 5.74) is 3.39. The van der Waals surface area contributed by atoms with Gasteiger partial charge in [-0.25, -0.2) is 5.06 Å². The maximum absolute atomic E-state index is 12.0. The quantitative estimate of drug-likeness (QED) is 0.418. The maximum Gasteiger partial charge on any atom is 0.246 e. The van der Waals surface area contributed by atoms with Gasteiger partial charge >= 0.3 is 0 Å². The number of amides is 2. The molecule has 2 amide bonds. The molecule has 0 radical (unpaired) electrons. The van der Waals surface area contributed by atoms with E-state index >= 15 is 0 Å². The fourth-order valence-corrected chi connectivity index (χ4v) is 2.68. The van der Waals surface area contributed by atoms with Crippen molar-refractivity contribution in [3.63, 3.8) is 0 Å². The molecule has 0 aromatic heterocycles. The molecule has 0 aliphatic carbocycles. The van der Waals surface area contributed by atoms with Crippen molar-refractivity contribution in [1.29, 1.82) is 0 Å². The molecule has 7 heteroatoms. The first-order chi connectivity index (χ1) is 13.9. The highest BCUT2D eigenvalue weighted by atomic mass is 16.5. The monoisotopic (exact) mass is 398 g/mol. The highest BCUT2D eigenvalue weighted by Gasteiger charge is 2.11. The summed E-state index contributed by atoms with van der Waals surface area (Å²) >= 11 is 0. The van der Waals surface area contributed by atoms with Crippen LogP contribution in [0.5, 0.6) is 0 Å². The van der Waals surface area contributed by atoms with Crippen LogP contribution in [0.2, 0.25) is 0 Å². The topological polar surface area (TPSA) is 84.9 Å². The Morgan fingerprint density at radius 1 is 0.931 bits per heavy atom. The number of hydroxylamine groups is 2. The van der Waals surface area contributed by atoms with Gasteiger partial charge in [0.15, 0.2) is 0 Å². The lowest BCUT2D eigenvalue weighted by molar-refractivity contribution is -0.168. The molecule has 2 aromatic carbocycles. The third kappa shape index (κ3) is 7.93. The fraction of sp³-hybridized carbons (Fsp3) is 0.364. The van der Waals surface area contributed by atoms with Crippen molar-refractivity contribution in [2.45, 2.75) is 32.7 Å². The van der Waals surface area contributed by atoms with Crippen molar-refractivity contribution in [1.82, 2.24) is 9.96 Å². The van der Waals surface area contributed by atoms with Crippen LogP contribution in [0.4, 0.5) is 17.1 Å². The van der Waals surface area contributed by atoms with E-state index in [0.717, 1.165) is 34.2 Å². The largest absolute Gasteiger partial charge is 0.356 e. The molecule has 0 aliphatic heterocycles. The summed E-state index contributed by atoms with van der Waals surface area (Å²) in [6.07, 6.45) is 1.48. The van der Waals surface area contributed by atoms with Gasteiger partial charge in [0.2, 0.25) is 11.8 Å². The van der Waals surface area contributed by atoms with Crippen LogP contribution in [0.3, 0.4) is 0 Å². The molecule has 0 saturated heterocycles. The number of nitrogens with zero attached hydrogens (tertiary/aromatic N) is 2. The third-order valence-corrected chi connectivity index (χ3v) is 4.35. The van der Waals surface area contributed by atoms with Crippen LogP contribution in [-0.2, 0) is 16.1 Å². The van der Waals surface area contributed by atoms with Crippen molar-refractivity contribution in [2.24, 2.45) is 0 Å². The molecule has 156 valence electrons. The highest BCUT2D eigenvalue weighted by Crippen LogP contribution is 2.20. The number of carbonyl (C=O) groups is 2. The standard InChI is InChI=1S/C22H30N4O3/c1-4-21(27)24-20-13-11-19(12-14-20)23-18-9-7-17(8-10-18)16-26(29)22(28)6-5-15-25(2)3/h7-14,23,29H,4-6,15-16H2,1-3H3,(H,24,27). The molecule has 29 heavy (non-hydrogen) atoms. The van der Waals surface area contributed by atoms with Crippen LogP contribution in [0.15, 0.2) is 48.5 Å².